The summed E-state index contributed by atoms with van der Waals surface area (Å²) in [6.45, 7) is 3.64. The molecule has 1 saturated heterocycles. The van der Waals surface area contributed by atoms with E-state index in [-0.39, 0.29) is 49.1 Å². The molecular weight excluding hydrogens is 354 g/mol. The fraction of sp³-hybridized carbons (Fsp3) is 0.600. The average molecular weight is 380 g/mol. The second-order valence-electron chi connectivity index (χ2n) is 7.36. The molecule has 5 nitrogen and oxygen atoms in total. The van der Waals surface area contributed by atoms with Crippen molar-refractivity contribution in [1.82, 2.24) is 10.2 Å². The SMILES string of the molecule is CCOCC(=O)NC1[C@@H]2CC[C@H]1CN(C(=O)CCc1ccc(F)cc1F)C2. The summed E-state index contributed by atoms with van der Waals surface area (Å²) in [5.41, 5.74) is 0.353. The van der Waals surface area contributed by atoms with Crippen molar-refractivity contribution in [3.8, 4) is 0 Å². The van der Waals surface area contributed by atoms with E-state index in [1.165, 1.54) is 12.1 Å². The molecule has 0 spiro atoms. The Kier molecular flexibility index (Phi) is 6.42. The van der Waals surface area contributed by atoms with E-state index >= 15 is 0 Å². The van der Waals surface area contributed by atoms with Crippen molar-refractivity contribution in [3.63, 3.8) is 0 Å². The fourth-order valence-corrected chi connectivity index (χ4v) is 4.21. The van der Waals surface area contributed by atoms with E-state index in [4.69, 9.17) is 4.74 Å². The molecule has 1 saturated carbocycles. The van der Waals surface area contributed by atoms with Crippen LogP contribution in [0.1, 0.15) is 31.7 Å². The van der Waals surface area contributed by atoms with E-state index in [0.29, 0.717) is 25.3 Å². The number of benzene rings is 1. The van der Waals surface area contributed by atoms with Crippen molar-refractivity contribution in [2.24, 2.45) is 11.8 Å². The quantitative estimate of drug-likeness (QED) is 0.790. The minimum Gasteiger partial charge on any atom is -0.372 e. The van der Waals surface area contributed by atoms with Gasteiger partial charge in [-0.1, -0.05) is 6.07 Å². The molecule has 0 radical (unpaired) electrons. The Balaban J connectivity index is 1.51. The van der Waals surface area contributed by atoms with Crippen molar-refractivity contribution in [2.75, 3.05) is 26.3 Å². The summed E-state index contributed by atoms with van der Waals surface area (Å²) in [7, 11) is 0. The molecule has 3 atom stereocenters. The molecule has 1 unspecified atom stereocenters. The average Bonchev–Trinajstić information content (AvgIpc) is 2.87. The number of aryl methyl sites for hydroxylation is 1. The molecule has 1 aromatic rings. The number of nitrogens with zero attached hydrogens (tertiary/aromatic N) is 1. The van der Waals surface area contributed by atoms with Crippen LogP contribution in [0, 0.1) is 23.5 Å². The maximum absolute atomic E-state index is 13.7. The van der Waals surface area contributed by atoms with E-state index in [1.54, 1.807) is 0 Å². The fourth-order valence-electron chi connectivity index (χ4n) is 4.21. The van der Waals surface area contributed by atoms with Gasteiger partial charge in [-0.2, -0.15) is 0 Å². The highest BCUT2D eigenvalue weighted by molar-refractivity contribution is 5.78. The van der Waals surface area contributed by atoms with Crippen LogP contribution in [-0.2, 0) is 20.7 Å². The van der Waals surface area contributed by atoms with E-state index in [0.717, 1.165) is 18.9 Å². The lowest BCUT2D eigenvalue weighted by Crippen LogP contribution is -2.54. The molecule has 1 heterocycles. The van der Waals surface area contributed by atoms with Gasteiger partial charge in [-0.25, -0.2) is 8.78 Å². The van der Waals surface area contributed by atoms with Gasteiger partial charge in [0.2, 0.25) is 11.8 Å². The van der Waals surface area contributed by atoms with Gasteiger partial charge in [0.15, 0.2) is 0 Å². The lowest BCUT2D eigenvalue weighted by atomic mass is 9.91. The maximum Gasteiger partial charge on any atom is 0.246 e. The van der Waals surface area contributed by atoms with Crippen LogP contribution in [0.3, 0.4) is 0 Å². The number of hydrogen-bond donors (Lipinski definition) is 1. The summed E-state index contributed by atoms with van der Waals surface area (Å²) < 4.78 is 31.8. The van der Waals surface area contributed by atoms with Crippen molar-refractivity contribution in [2.45, 2.75) is 38.6 Å². The molecule has 1 aliphatic heterocycles. The number of carbonyl (C=O) groups excluding carboxylic acids is 2. The van der Waals surface area contributed by atoms with Gasteiger partial charge >= 0.3 is 0 Å². The van der Waals surface area contributed by atoms with Crippen LogP contribution in [-0.4, -0.2) is 49.1 Å². The molecule has 2 amide bonds. The van der Waals surface area contributed by atoms with Crippen LogP contribution in [0.4, 0.5) is 8.78 Å². The number of likely N-dealkylation sites (tertiary alicyclic amines) is 1. The molecule has 0 aromatic heterocycles. The van der Waals surface area contributed by atoms with E-state index < -0.39 is 11.6 Å². The monoisotopic (exact) mass is 380 g/mol. The number of ether oxygens (including phenoxy) is 1. The standard InChI is InChI=1S/C20H26F2N2O3/c1-2-27-12-18(25)23-20-14-3-4-15(20)11-24(10-14)19(26)8-6-13-5-7-16(21)9-17(13)22/h5,7,9,14-15,20H,2-4,6,8,10-12H2,1H3,(H,23,25)/t14-,15+,20?. The van der Waals surface area contributed by atoms with Gasteiger partial charge in [0.05, 0.1) is 0 Å². The smallest absolute Gasteiger partial charge is 0.246 e. The minimum atomic E-state index is -0.618. The molecule has 148 valence electrons. The first-order chi connectivity index (χ1) is 13.0. The summed E-state index contributed by atoms with van der Waals surface area (Å²) in [4.78, 5) is 26.3. The van der Waals surface area contributed by atoms with Crippen LogP contribution in [0.2, 0.25) is 0 Å². The zero-order valence-electron chi connectivity index (χ0n) is 15.5. The molecule has 1 aliphatic carbocycles. The Labute approximate surface area is 158 Å². The number of fused-ring (bicyclic) bond motifs is 2. The Bertz CT molecular complexity index is 684. The van der Waals surface area contributed by atoms with E-state index in [2.05, 4.69) is 5.32 Å². The van der Waals surface area contributed by atoms with Gasteiger partial charge in [0.1, 0.15) is 18.2 Å². The first-order valence-corrected chi connectivity index (χ1v) is 9.56. The molecule has 1 aromatic carbocycles. The van der Waals surface area contributed by atoms with Gasteiger partial charge in [-0.3, -0.25) is 9.59 Å². The Morgan fingerprint density at radius 3 is 2.56 bits per heavy atom. The molecule has 2 aliphatic rings. The van der Waals surface area contributed by atoms with Crippen molar-refractivity contribution in [3.05, 3.63) is 35.4 Å². The minimum absolute atomic E-state index is 0.0188. The van der Waals surface area contributed by atoms with Gasteiger partial charge in [-0.15, -0.1) is 0 Å². The summed E-state index contributed by atoms with van der Waals surface area (Å²) in [5, 5.41) is 3.06. The third-order valence-electron chi connectivity index (χ3n) is 5.57. The number of hydrogen-bond acceptors (Lipinski definition) is 3. The lowest BCUT2D eigenvalue weighted by Gasteiger charge is -2.38. The molecule has 1 N–H and O–H groups in total. The van der Waals surface area contributed by atoms with E-state index in [1.807, 2.05) is 11.8 Å². The number of carbonyl (C=O) groups is 2. The highest BCUT2D eigenvalue weighted by Gasteiger charge is 2.43. The summed E-state index contributed by atoms with van der Waals surface area (Å²) in [5.74, 6) is -0.854. The number of amides is 2. The summed E-state index contributed by atoms with van der Waals surface area (Å²) in [6.07, 6.45) is 2.43. The summed E-state index contributed by atoms with van der Waals surface area (Å²) in [6, 6.07) is 3.54. The lowest BCUT2D eigenvalue weighted by molar-refractivity contribution is -0.134. The molecule has 2 fully saturated rings. The first-order valence-electron chi connectivity index (χ1n) is 9.56. The van der Waals surface area contributed by atoms with Crippen LogP contribution in [0.25, 0.3) is 0 Å². The van der Waals surface area contributed by atoms with Crippen molar-refractivity contribution >= 4 is 11.8 Å². The maximum atomic E-state index is 13.7. The van der Waals surface area contributed by atoms with E-state index in [9.17, 15) is 18.4 Å². The summed E-state index contributed by atoms with van der Waals surface area (Å²) >= 11 is 0. The van der Waals surface area contributed by atoms with Crippen molar-refractivity contribution < 1.29 is 23.1 Å². The molecule has 7 heteroatoms. The second kappa shape index (κ2) is 8.78. The number of halogens is 2. The highest BCUT2D eigenvalue weighted by atomic mass is 19.1. The van der Waals surface area contributed by atoms with Crippen LogP contribution in [0.15, 0.2) is 18.2 Å². The molecule has 3 rings (SSSR count). The number of nitrogens with one attached hydrogen (secondary N) is 1. The van der Waals surface area contributed by atoms with Crippen LogP contribution >= 0.6 is 0 Å². The highest BCUT2D eigenvalue weighted by Crippen LogP contribution is 2.37. The number of piperidine rings is 1. The predicted octanol–water partition coefficient (Wildman–Crippen LogP) is 2.29. The third-order valence-corrected chi connectivity index (χ3v) is 5.57. The zero-order valence-corrected chi connectivity index (χ0v) is 15.5. The zero-order chi connectivity index (χ0) is 19.4. The van der Waals surface area contributed by atoms with Gasteiger partial charge in [-0.05, 0) is 49.7 Å². The second-order valence-corrected chi connectivity index (χ2v) is 7.36. The topological polar surface area (TPSA) is 58.6 Å². The normalized spacial score (nSPS) is 24.1. The number of rotatable bonds is 7. The molecule has 2 bridgehead atoms. The Morgan fingerprint density at radius 2 is 1.93 bits per heavy atom. The predicted molar refractivity (Wildman–Crippen MR) is 95.9 cm³/mol. The largest absolute Gasteiger partial charge is 0.372 e. The molecule has 27 heavy (non-hydrogen) atoms. The first kappa shape index (κ1) is 19.7. The van der Waals surface area contributed by atoms with Gasteiger partial charge in [0.25, 0.3) is 0 Å². The van der Waals surface area contributed by atoms with Crippen LogP contribution < -0.4 is 5.32 Å². The van der Waals surface area contributed by atoms with Gasteiger partial charge in [0, 0.05) is 38.2 Å². The molecular formula is C20H26F2N2O3. The van der Waals surface area contributed by atoms with Crippen LogP contribution in [0.5, 0.6) is 0 Å². The Morgan fingerprint density at radius 1 is 1.22 bits per heavy atom. The van der Waals surface area contributed by atoms with Crippen molar-refractivity contribution in [1.29, 1.82) is 0 Å². The van der Waals surface area contributed by atoms with Gasteiger partial charge < -0.3 is 15.0 Å². The third kappa shape index (κ3) is 4.83. The Hall–Kier alpha value is -2.02.